The molecule has 3 rings (SSSR count). The Hall–Kier alpha value is -2.15. The van der Waals surface area contributed by atoms with E-state index in [1.807, 2.05) is 39.1 Å². The summed E-state index contributed by atoms with van der Waals surface area (Å²) in [7, 11) is -2.65. The number of nitrogens with one attached hydrogen (secondary N) is 1. The number of carbonyl (C=O) groups is 1. The number of aryl methyl sites for hydroxylation is 1. The van der Waals surface area contributed by atoms with Crippen LogP contribution in [0.25, 0.3) is 5.69 Å². The average molecular weight is 549 g/mol. The van der Waals surface area contributed by atoms with Crippen LogP contribution in [0.3, 0.4) is 0 Å². The van der Waals surface area contributed by atoms with Crippen molar-refractivity contribution >= 4 is 14.7 Å². The molecule has 0 bridgehead atoms. The van der Waals surface area contributed by atoms with Gasteiger partial charge in [0.2, 0.25) is 5.91 Å². The third-order valence-electron chi connectivity index (χ3n) is 6.24. The monoisotopic (exact) mass is 548 g/mol. The average Bonchev–Trinajstić information content (AvgIpc) is 3.41. The van der Waals surface area contributed by atoms with Gasteiger partial charge in [-0.15, -0.1) is 5.10 Å². The minimum atomic E-state index is -2.65. The maximum absolute atomic E-state index is 12.3. The lowest BCUT2D eigenvalue weighted by Gasteiger charge is -2.28. The zero-order valence-corrected chi connectivity index (χ0v) is 24.2. The van der Waals surface area contributed by atoms with Gasteiger partial charge in [-0.05, 0) is 77.0 Å². The summed E-state index contributed by atoms with van der Waals surface area (Å²) in [4.78, 5) is 12.3. The first-order valence-corrected chi connectivity index (χ1v) is 15.9. The quantitative estimate of drug-likeness (QED) is 0.218. The van der Waals surface area contributed by atoms with E-state index in [0.717, 1.165) is 56.5 Å². The molecule has 0 aliphatic carbocycles. The van der Waals surface area contributed by atoms with Crippen molar-refractivity contribution in [1.29, 1.82) is 0 Å². The van der Waals surface area contributed by atoms with Crippen LogP contribution in [0.15, 0.2) is 30.5 Å². The molecule has 1 aliphatic rings. The fourth-order valence-electron chi connectivity index (χ4n) is 4.40. The Morgan fingerprint density at radius 2 is 1.82 bits per heavy atom. The van der Waals surface area contributed by atoms with E-state index in [0.29, 0.717) is 45.4 Å². The maximum Gasteiger partial charge on any atom is 0.500 e. The highest BCUT2D eigenvalue weighted by molar-refractivity contribution is 6.60. The number of amides is 1. The second-order valence-corrected chi connectivity index (χ2v) is 11.9. The van der Waals surface area contributed by atoms with E-state index in [-0.39, 0.29) is 12.2 Å². The molecule has 0 saturated carbocycles. The van der Waals surface area contributed by atoms with Gasteiger partial charge in [-0.25, -0.2) is 4.68 Å². The summed E-state index contributed by atoms with van der Waals surface area (Å²) in [5.74, 6) is 0.0640. The Morgan fingerprint density at radius 1 is 1.08 bits per heavy atom. The van der Waals surface area contributed by atoms with Gasteiger partial charge in [0.25, 0.3) is 0 Å². The summed E-state index contributed by atoms with van der Waals surface area (Å²) in [5.41, 5.74) is 2.89. The lowest BCUT2D eigenvalue weighted by atomic mass is 10.1. The van der Waals surface area contributed by atoms with Crippen LogP contribution in [-0.2, 0) is 40.6 Å². The molecule has 1 aromatic heterocycles. The Balaban J connectivity index is 1.34. The zero-order chi connectivity index (χ0) is 27.1. The van der Waals surface area contributed by atoms with Crippen LogP contribution >= 0.6 is 0 Å². The number of benzene rings is 1. The van der Waals surface area contributed by atoms with E-state index >= 15 is 0 Å². The third-order valence-corrected chi connectivity index (χ3v) is 9.39. The summed E-state index contributed by atoms with van der Waals surface area (Å²) in [6, 6.07) is 8.87. The van der Waals surface area contributed by atoms with Gasteiger partial charge in [-0.1, -0.05) is 17.3 Å². The minimum Gasteiger partial charge on any atom is -0.374 e. The number of carbonyl (C=O) groups excluding carboxylic acids is 1. The summed E-state index contributed by atoms with van der Waals surface area (Å²) < 4.78 is 30.7. The highest BCUT2D eigenvalue weighted by Gasteiger charge is 2.39. The highest BCUT2D eigenvalue weighted by atomic mass is 28.4. The molecule has 1 N–H and O–H groups in total. The zero-order valence-electron chi connectivity index (χ0n) is 23.2. The fraction of sp³-hybridized carbons (Fsp3) is 0.667. The molecule has 0 radical (unpaired) electrons. The summed E-state index contributed by atoms with van der Waals surface area (Å²) >= 11 is 0. The van der Waals surface area contributed by atoms with Crippen molar-refractivity contribution in [2.75, 3.05) is 33.0 Å². The minimum absolute atomic E-state index is 0.0640. The third kappa shape index (κ3) is 10.2. The van der Waals surface area contributed by atoms with Gasteiger partial charge >= 0.3 is 8.80 Å². The second-order valence-electron chi connectivity index (χ2n) is 9.22. The molecular formula is C27H44N4O6Si. The van der Waals surface area contributed by atoms with E-state index < -0.39 is 8.80 Å². The number of ether oxygens (including phenoxy) is 2. The molecule has 11 heteroatoms. The smallest absolute Gasteiger partial charge is 0.374 e. The molecule has 1 fully saturated rings. The molecule has 212 valence electrons. The lowest BCUT2D eigenvalue weighted by Crippen LogP contribution is -2.46. The van der Waals surface area contributed by atoms with Gasteiger partial charge in [0.05, 0.1) is 18.5 Å². The molecule has 1 amide bonds. The van der Waals surface area contributed by atoms with Crippen molar-refractivity contribution in [2.45, 2.75) is 84.7 Å². The van der Waals surface area contributed by atoms with Crippen LogP contribution < -0.4 is 5.32 Å². The van der Waals surface area contributed by atoms with E-state index in [9.17, 15) is 4.79 Å². The maximum atomic E-state index is 12.3. The molecule has 1 atom stereocenters. The molecule has 1 aromatic carbocycles. The number of hydrogen-bond donors (Lipinski definition) is 1. The van der Waals surface area contributed by atoms with E-state index in [4.69, 9.17) is 22.8 Å². The van der Waals surface area contributed by atoms with Crippen LogP contribution in [0, 0.1) is 0 Å². The van der Waals surface area contributed by atoms with Crippen molar-refractivity contribution in [3.05, 3.63) is 41.7 Å². The molecule has 1 saturated heterocycles. The first kappa shape index (κ1) is 30.4. The molecule has 2 aromatic rings. The molecule has 0 spiro atoms. The SMILES string of the molecule is CCO[Si](CCCNC(=O)CCCc1ccc(-n2cc(COC3CCCCO3)nn2)cc1)(OCC)OCC. The molecule has 1 aliphatic heterocycles. The number of rotatable bonds is 18. The van der Waals surface area contributed by atoms with E-state index in [1.165, 1.54) is 5.56 Å². The molecule has 1 unspecified atom stereocenters. The van der Waals surface area contributed by atoms with E-state index in [1.54, 1.807) is 4.68 Å². The first-order chi connectivity index (χ1) is 18.6. The molecule has 2 heterocycles. The predicted octanol–water partition coefficient (Wildman–Crippen LogP) is 4.19. The first-order valence-electron chi connectivity index (χ1n) is 14.0. The van der Waals surface area contributed by atoms with Gasteiger partial charge < -0.3 is 28.1 Å². The summed E-state index contributed by atoms with van der Waals surface area (Å²) in [6.45, 7) is 9.27. The van der Waals surface area contributed by atoms with Crippen molar-refractivity contribution in [1.82, 2.24) is 20.3 Å². The highest BCUT2D eigenvalue weighted by Crippen LogP contribution is 2.18. The summed E-state index contributed by atoms with van der Waals surface area (Å²) in [6.07, 6.45) is 7.78. The Morgan fingerprint density at radius 3 is 2.47 bits per heavy atom. The molecule has 38 heavy (non-hydrogen) atoms. The van der Waals surface area contributed by atoms with Gasteiger partial charge in [-0.3, -0.25) is 4.79 Å². The Bertz CT molecular complexity index is 919. The summed E-state index contributed by atoms with van der Waals surface area (Å²) in [5, 5.41) is 11.4. The van der Waals surface area contributed by atoms with Crippen molar-refractivity contribution < 1.29 is 27.5 Å². The van der Waals surface area contributed by atoms with Crippen LogP contribution in [-0.4, -0.2) is 69.0 Å². The number of nitrogens with zero attached hydrogens (tertiary/aromatic N) is 3. The van der Waals surface area contributed by atoms with Crippen LogP contribution in [0.4, 0.5) is 0 Å². The lowest BCUT2D eigenvalue weighted by molar-refractivity contribution is -0.169. The van der Waals surface area contributed by atoms with Crippen LogP contribution in [0.5, 0.6) is 0 Å². The van der Waals surface area contributed by atoms with Gasteiger partial charge in [0, 0.05) is 45.4 Å². The molecular weight excluding hydrogens is 504 g/mol. The number of hydrogen-bond acceptors (Lipinski definition) is 8. The van der Waals surface area contributed by atoms with Gasteiger partial charge in [0.1, 0.15) is 5.69 Å². The van der Waals surface area contributed by atoms with Gasteiger partial charge in [-0.2, -0.15) is 0 Å². The largest absolute Gasteiger partial charge is 0.500 e. The molecule has 10 nitrogen and oxygen atoms in total. The fourth-order valence-corrected chi connectivity index (χ4v) is 7.01. The Kier molecular flexibility index (Phi) is 13.4. The Labute approximate surface area is 227 Å². The van der Waals surface area contributed by atoms with Crippen LogP contribution in [0.1, 0.15) is 70.6 Å². The number of aromatic nitrogens is 3. The predicted molar refractivity (Wildman–Crippen MR) is 146 cm³/mol. The van der Waals surface area contributed by atoms with Crippen molar-refractivity contribution in [2.24, 2.45) is 0 Å². The second kappa shape index (κ2) is 16.7. The normalized spacial score (nSPS) is 16.0. The van der Waals surface area contributed by atoms with Gasteiger partial charge in [0.15, 0.2) is 6.29 Å². The van der Waals surface area contributed by atoms with Crippen LogP contribution in [0.2, 0.25) is 6.04 Å². The van der Waals surface area contributed by atoms with E-state index in [2.05, 4.69) is 27.8 Å². The van der Waals surface area contributed by atoms with Crippen molar-refractivity contribution in [3.63, 3.8) is 0 Å². The van der Waals surface area contributed by atoms with Crippen molar-refractivity contribution in [3.8, 4) is 5.69 Å². The standard InChI is InChI=1S/C27H44N4O6Si/c1-4-35-38(36-5-2,37-6-3)20-10-18-28-26(32)12-9-11-23-14-16-25(17-15-23)31-21-24(29-30-31)22-34-27-13-7-8-19-33-27/h14-17,21,27H,4-13,18-20,22H2,1-3H3,(H,28,32). The topological polar surface area (TPSA) is 106 Å².